The van der Waals surface area contributed by atoms with Gasteiger partial charge in [0.15, 0.2) is 0 Å². The third-order valence-corrected chi connectivity index (χ3v) is 7.17. The van der Waals surface area contributed by atoms with Crippen molar-refractivity contribution in [3.05, 3.63) is 53.1 Å². The van der Waals surface area contributed by atoms with Gasteiger partial charge in [-0.05, 0) is 55.0 Å². The van der Waals surface area contributed by atoms with Gasteiger partial charge < -0.3 is 9.47 Å². The molecule has 2 aromatic carbocycles. The Morgan fingerprint density at radius 3 is 2.30 bits per heavy atom. The summed E-state index contributed by atoms with van der Waals surface area (Å²) < 4.78 is 38.0. The van der Waals surface area contributed by atoms with Crippen LogP contribution in [0.15, 0.2) is 47.4 Å². The smallest absolute Gasteiger partial charge is 0.246 e. The highest BCUT2D eigenvalue weighted by Crippen LogP contribution is 2.32. The normalized spacial score (nSPS) is 16.3. The lowest BCUT2D eigenvalue weighted by molar-refractivity contribution is 0.272. The van der Waals surface area contributed by atoms with Gasteiger partial charge in [0, 0.05) is 24.2 Å². The number of halogens is 1. The molecule has 0 aromatic heterocycles. The van der Waals surface area contributed by atoms with Gasteiger partial charge in [0.1, 0.15) is 16.4 Å². The molecule has 146 valence electrons. The van der Waals surface area contributed by atoms with Crippen LogP contribution in [0.3, 0.4) is 0 Å². The number of ether oxygens (including phenoxy) is 2. The molecule has 1 fully saturated rings. The first-order valence-electron chi connectivity index (χ1n) is 8.90. The van der Waals surface area contributed by atoms with Crippen molar-refractivity contribution in [2.75, 3.05) is 27.3 Å². The maximum Gasteiger partial charge on any atom is 0.246 e. The minimum atomic E-state index is -3.59. The number of hydrogen-bond donors (Lipinski definition) is 0. The molecule has 0 bridgehead atoms. The van der Waals surface area contributed by atoms with E-state index in [1.54, 1.807) is 17.5 Å². The maximum atomic E-state index is 13.0. The highest BCUT2D eigenvalue weighted by Gasteiger charge is 2.31. The Morgan fingerprint density at radius 1 is 1.04 bits per heavy atom. The molecule has 0 amide bonds. The summed E-state index contributed by atoms with van der Waals surface area (Å²) in [7, 11) is -0.490. The van der Waals surface area contributed by atoms with Crippen LogP contribution in [0.5, 0.6) is 11.5 Å². The predicted octanol–water partition coefficient (Wildman–Crippen LogP) is 4.00. The van der Waals surface area contributed by atoms with Crippen LogP contribution < -0.4 is 9.47 Å². The number of sulfonamides is 1. The Kier molecular flexibility index (Phi) is 6.29. The molecule has 1 aliphatic heterocycles. The summed E-state index contributed by atoms with van der Waals surface area (Å²) in [6.45, 7) is 1.02. The molecule has 1 aliphatic rings. The SMILES string of the molecule is COc1ccc(CC2CCN(S(=O)(=O)c3ccc(Cl)cc3OC)CC2)cc1. The molecule has 27 heavy (non-hydrogen) atoms. The first-order chi connectivity index (χ1) is 12.9. The molecule has 0 saturated carbocycles. The van der Waals surface area contributed by atoms with Crippen LogP contribution in [0.25, 0.3) is 0 Å². The van der Waals surface area contributed by atoms with Crippen molar-refractivity contribution < 1.29 is 17.9 Å². The topological polar surface area (TPSA) is 55.8 Å². The minimum Gasteiger partial charge on any atom is -0.497 e. The van der Waals surface area contributed by atoms with Crippen LogP contribution in [-0.4, -0.2) is 40.0 Å². The van der Waals surface area contributed by atoms with Gasteiger partial charge in [-0.1, -0.05) is 23.7 Å². The number of hydrogen-bond acceptors (Lipinski definition) is 4. The Labute approximate surface area is 165 Å². The van der Waals surface area contributed by atoms with Crippen molar-refractivity contribution >= 4 is 21.6 Å². The summed E-state index contributed by atoms with van der Waals surface area (Å²) in [5, 5.41) is 0.448. The molecule has 0 N–H and O–H groups in total. The van der Waals surface area contributed by atoms with Gasteiger partial charge in [-0.25, -0.2) is 8.42 Å². The summed E-state index contributed by atoms with van der Waals surface area (Å²) in [6, 6.07) is 12.7. The highest BCUT2D eigenvalue weighted by atomic mass is 35.5. The van der Waals surface area contributed by atoms with Gasteiger partial charge in [0.05, 0.1) is 14.2 Å². The molecule has 0 spiro atoms. The van der Waals surface area contributed by atoms with E-state index in [1.807, 2.05) is 12.1 Å². The Bertz CT molecular complexity index is 875. The zero-order valence-corrected chi connectivity index (χ0v) is 17.1. The van der Waals surface area contributed by atoms with Crippen LogP contribution in [0.1, 0.15) is 18.4 Å². The quantitative estimate of drug-likeness (QED) is 0.723. The van der Waals surface area contributed by atoms with Crippen LogP contribution >= 0.6 is 11.6 Å². The number of nitrogens with zero attached hydrogens (tertiary/aromatic N) is 1. The molecule has 7 heteroatoms. The van der Waals surface area contributed by atoms with E-state index in [1.165, 1.54) is 24.8 Å². The van der Waals surface area contributed by atoms with Crippen molar-refractivity contribution in [1.82, 2.24) is 4.31 Å². The van der Waals surface area contributed by atoms with Crippen molar-refractivity contribution in [3.8, 4) is 11.5 Å². The number of benzene rings is 2. The van der Waals surface area contributed by atoms with Crippen LogP contribution in [0.4, 0.5) is 0 Å². The van der Waals surface area contributed by atoms with E-state index in [4.69, 9.17) is 21.1 Å². The van der Waals surface area contributed by atoms with Crippen LogP contribution in [0.2, 0.25) is 5.02 Å². The third kappa shape index (κ3) is 4.57. The zero-order chi connectivity index (χ0) is 19.4. The Balaban J connectivity index is 1.65. The summed E-state index contributed by atoms with van der Waals surface area (Å²) in [5.41, 5.74) is 1.25. The molecule has 0 unspecified atom stereocenters. The fourth-order valence-electron chi connectivity index (χ4n) is 3.44. The van der Waals surface area contributed by atoms with Gasteiger partial charge in [0.2, 0.25) is 10.0 Å². The van der Waals surface area contributed by atoms with Crippen LogP contribution in [-0.2, 0) is 16.4 Å². The van der Waals surface area contributed by atoms with Gasteiger partial charge in [-0.15, -0.1) is 0 Å². The van der Waals surface area contributed by atoms with E-state index < -0.39 is 10.0 Å². The molecule has 2 aromatic rings. The lowest BCUT2D eigenvalue weighted by atomic mass is 9.91. The summed E-state index contributed by atoms with van der Waals surface area (Å²) in [4.78, 5) is 0.169. The fraction of sp³-hybridized carbons (Fsp3) is 0.400. The van der Waals surface area contributed by atoms with Crippen molar-refractivity contribution in [3.63, 3.8) is 0 Å². The third-order valence-electron chi connectivity index (χ3n) is 5.00. The van der Waals surface area contributed by atoms with Gasteiger partial charge in [-0.3, -0.25) is 0 Å². The van der Waals surface area contributed by atoms with Gasteiger partial charge in [-0.2, -0.15) is 4.31 Å². The molecule has 0 atom stereocenters. The molecule has 5 nitrogen and oxygen atoms in total. The predicted molar refractivity (Wildman–Crippen MR) is 106 cm³/mol. The van der Waals surface area contributed by atoms with E-state index in [0.717, 1.165) is 25.0 Å². The second-order valence-corrected chi connectivity index (χ2v) is 9.04. The monoisotopic (exact) mass is 409 g/mol. The Hall–Kier alpha value is -1.76. The molecule has 3 rings (SSSR count). The zero-order valence-electron chi connectivity index (χ0n) is 15.5. The second kappa shape index (κ2) is 8.50. The van der Waals surface area contributed by atoms with E-state index in [-0.39, 0.29) is 10.6 Å². The van der Waals surface area contributed by atoms with Gasteiger partial charge >= 0.3 is 0 Å². The number of piperidine rings is 1. The summed E-state index contributed by atoms with van der Waals surface area (Å²) in [6.07, 6.45) is 2.62. The minimum absolute atomic E-state index is 0.169. The average Bonchev–Trinajstić information content (AvgIpc) is 2.68. The fourth-order valence-corrected chi connectivity index (χ4v) is 5.21. The number of methoxy groups -OCH3 is 2. The maximum absolute atomic E-state index is 13.0. The van der Waals surface area contributed by atoms with Crippen LogP contribution in [0, 0.1) is 5.92 Å². The molecular weight excluding hydrogens is 386 g/mol. The summed E-state index contributed by atoms with van der Waals surface area (Å²) >= 11 is 5.95. The molecule has 1 heterocycles. The molecule has 0 aliphatic carbocycles. The van der Waals surface area contributed by atoms with E-state index in [2.05, 4.69) is 12.1 Å². The lowest BCUT2D eigenvalue weighted by Gasteiger charge is -2.31. The molecule has 1 saturated heterocycles. The first-order valence-corrected chi connectivity index (χ1v) is 10.7. The second-order valence-electron chi connectivity index (χ2n) is 6.69. The first kappa shape index (κ1) is 20.0. The average molecular weight is 410 g/mol. The van der Waals surface area contributed by atoms with E-state index in [0.29, 0.717) is 24.0 Å². The van der Waals surface area contributed by atoms with Crippen molar-refractivity contribution in [1.29, 1.82) is 0 Å². The summed E-state index contributed by atoms with van der Waals surface area (Å²) in [5.74, 6) is 1.59. The molecular formula is C20H24ClNO4S. The van der Waals surface area contributed by atoms with Gasteiger partial charge in [0.25, 0.3) is 0 Å². The van der Waals surface area contributed by atoms with Crippen molar-refractivity contribution in [2.45, 2.75) is 24.2 Å². The standard InChI is InChI=1S/C20H24ClNO4S/c1-25-18-6-3-15(4-7-18)13-16-9-11-22(12-10-16)27(23,24)20-8-5-17(21)14-19(20)26-2/h3-8,14,16H,9-13H2,1-2H3. The Morgan fingerprint density at radius 2 is 1.70 bits per heavy atom. The van der Waals surface area contributed by atoms with E-state index >= 15 is 0 Å². The lowest BCUT2D eigenvalue weighted by Crippen LogP contribution is -2.39. The largest absolute Gasteiger partial charge is 0.497 e. The number of rotatable bonds is 6. The molecule has 0 radical (unpaired) electrons. The van der Waals surface area contributed by atoms with E-state index in [9.17, 15) is 8.42 Å². The highest BCUT2D eigenvalue weighted by molar-refractivity contribution is 7.89. The van der Waals surface area contributed by atoms with Crippen molar-refractivity contribution in [2.24, 2.45) is 5.92 Å².